The molecule has 6 heteroatoms. The van der Waals surface area contributed by atoms with Crippen LogP contribution < -0.4 is 24.4 Å². The maximum Gasteiger partial charge on any atom is 0.197 e. The van der Waals surface area contributed by atoms with Gasteiger partial charge >= 0.3 is 0 Å². The maximum absolute atomic E-state index is 12.9. The Morgan fingerprint density at radius 2 is 1.44 bits per heavy atom. The summed E-state index contributed by atoms with van der Waals surface area (Å²) in [5.74, 6) is 2.66. The van der Waals surface area contributed by atoms with Gasteiger partial charge in [-0.25, -0.2) is 0 Å². The molecule has 27 heavy (non-hydrogen) atoms. The van der Waals surface area contributed by atoms with Crippen LogP contribution in [0.4, 0.5) is 0 Å². The molecule has 0 amide bonds. The average molecular weight is 370 g/mol. The highest BCUT2D eigenvalue weighted by Crippen LogP contribution is 2.40. The van der Waals surface area contributed by atoms with E-state index in [0.29, 0.717) is 45.3 Å². The average Bonchev–Trinajstić information content (AvgIpc) is 2.68. The molecule has 3 aromatic rings. The van der Waals surface area contributed by atoms with E-state index in [1.165, 1.54) is 13.2 Å². The topological polar surface area (TPSA) is 67.1 Å². The zero-order valence-electron chi connectivity index (χ0n) is 16.3. The summed E-state index contributed by atoms with van der Waals surface area (Å²) in [6, 6.07) is 6.79. The second kappa shape index (κ2) is 7.23. The van der Waals surface area contributed by atoms with E-state index in [4.69, 9.17) is 23.4 Å². The van der Waals surface area contributed by atoms with Gasteiger partial charge in [-0.05, 0) is 32.0 Å². The number of benzene rings is 2. The molecular weight excluding hydrogens is 348 g/mol. The number of fused-ring (bicyclic) bond motifs is 1. The summed E-state index contributed by atoms with van der Waals surface area (Å²) in [5.41, 5.74) is 2.45. The van der Waals surface area contributed by atoms with Crippen LogP contribution in [0.3, 0.4) is 0 Å². The van der Waals surface area contributed by atoms with Crippen molar-refractivity contribution in [1.29, 1.82) is 0 Å². The molecule has 6 nitrogen and oxygen atoms in total. The van der Waals surface area contributed by atoms with Crippen LogP contribution in [0.2, 0.25) is 0 Å². The first-order valence-electron chi connectivity index (χ1n) is 8.38. The van der Waals surface area contributed by atoms with Crippen molar-refractivity contribution >= 4 is 11.0 Å². The van der Waals surface area contributed by atoms with Crippen LogP contribution in [0, 0.1) is 13.8 Å². The molecule has 0 radical (unpaired) electrons. The van der Waals surface area contributed by atoms with Crippen LogP contribution in [-0.2, 0) is 0 Å². The first-order chi connectivity index (χ1) is 13.0. The Morgan fingerprint density at radius 3 is 2.04 bits per heavy atom. The fourth-order valence-electron chi connectivity index (χ4n) is 3.34. The van der Waals surface area contributed by atoms with Gasteiger partial charge in [-0.2, -0.15) is 0 Å². The number of aryl methyl sites for hydroxylation is 1. The van der Waals surface area contributed by atoms with Crippen molar-refractivity contribution < 1.29 is 23.4 Å². The van der Waals surface area contributed by atoms with E-state index in [0.717, 1.165) is 11.1 Å². The van der Waals surface area contributed by atoms with Crippen LogP contribution in [0.5, 0.6) is 23.0 Å². The minimum Gasteiger partial charge on any atom is -0.496 e. The third kappa shape index (κ3) is 2.97. The van der Waals surface area contributed by atoms with Crippen molar-refractivity contribution in [1.82, 2.24) is 0 Å². The number of hydrogen-bond donors (Lipinski definition) is 0. The normalized spacial score (nSPS) is 10.7. The molecule has 0 atom stereocenters. The molecule has 0 bridgehead atoms. The second-order valence-corrected chi connectivity index (χ2v) is 6.07. The fraction of sp³-hybridized carbons (Fsp3) is 0.286. The lowest BCUT2D eigenvalue weighted by molar-refractivity contribution is 0.355. The van der Waals surface area contributed by atoms with E-state index in [-0.39, 0.29) is 5.43 Å². The first-order valence-corrected chi connectivity index (χ1v) is 8.38. The van der Waals surface area contributed by atoms with Gasteiger partial charge in [0.2, 0.25) is 0 Å². The lowest BCUT2D eigenvalue weighted by atomic mass is 10.0. The van der Waals surface area contributed by atoms with Crippen LogP contribution in [0.1, 0.15) is 11.1 Å². The number of hydrogen-bond acceptors (Lipinski definition) is 6. The van der Waals surface area contributed by atoms with E-state index < -0.39 is 0 Å². The molecule has 0 aliphatic heterocycles. The molecule has 0 saturated carbocycles. The Labute approximate surface area is 157 Å². The van der Waals surface area contributed by atoms with Gasteiger partial charge in [0.15, 0.2) is 16.9 Å². The van der Waals surface area contributed by atoms with E-state index >= 15 is 0 Å². The Kier molecular flexibility index (Phi) is 4.99. The van der Waals surface area contributed by atoms with E-state index in [2.05, 4.69) is 0 Å². The second-order valence-electron chi connectivity index (χ2n) is 6.07. The molecule has 142 valence electrons. The highest BCUT2D eigenvalue weighted by molar-refractivity contribution is 5.91. The molecule has 0 N–H and O–H groups in total. The van der Waals surface area contributed by atoms with Gasteiger partial charge in [-0.15, -0.1) is 0 Å². The van der Waals surface area contributed by atoms with Crippen molar-refractivity contribution in [3.05, 3.63) is 45.6 Å². The summed E-state index contributed by atoms with van der Waals surface area (Å²) in [4.78, 5) is 12.9. The van der Waals surface area contributed by atoms with Crippen LogP contribution in [-0.4, -0.2) is 28.4 Å². The van der Waals surface area contributed by atoms with Gasteiger partial charge in [-0.1, -0.05) is 0 Å². The third-order valence-electron chi connectivity index (χ3n) is 4.61. The lowest BCUT2D eigenvalue weighted by Crippen LogP contribution is -2.07. The van der Waals surface area contributed by atoms with E-state index in [9.17, 15) is 4.79 Å². The quantitative estimate of drug-likeness (QED) is 0.673. The molecule has 2 aromatic carbocycles. The number of methoxy groups -OCH3 is 4. The van der Waals surface area contributed by atoms with Crippen LogP contribution in [0.15, 0.2) is 33.5 Å². The zero-order valence-corrected chi connectivity index (χ0v) is 16.3. The van der Waals surface area contributed by atoms with Crippen molar-refractivity contribution in [3.8, 4) is 34.3 Å². The molecule has 1 heterocycles. The third-order valence-corrected chi connectivity index (χ3v) is 4.61. The van der Waals surface area contributed by atoms with Gasteiger partial charge in [0.05, 0.1) is 28.4 Å². The zero-order chi connectivity index (χ0) is 19.7. The first kappa shape index (κ1) is 18.6. The summed E-state index contributed by atoms with van der Waals surface area (Å²) < 4.78 is 27.7. The molecule has 0 fully saturated rings. The summed E-state index contributed by atoms with van der Waals surface area (Å²) in [6.45, 7) is 3.71. The standard InChI is InChI=1S/C21H22O6/c1-11-19(25-5)12(2)21-18(20(11)26-6)14(22)10-16(27-21)13-7-8-15(23-3)17(9-13)24-4/h7-10H,1-6H3. The van der Waals surface area contributed by atoms with E-state index in [1.54, 1.807) is 33.5 Å². The maximum atomic E-state index is 12.9. The summed E-state index contributed by atoms with van der Waals surface area (Å²) in [7, 11) is 6.23. The van der Waals surface area contributed by atoms with Gasteiger partial charge in [-0.3, -0.25) is 4.79 Å². The molecule has 1 aromatic heterocycles. The molecule has 0 spiro atoms. The number of ether oxygens (including phenoxy) is 4. The Balaban J connectivity index is 2.34. The SMILES string of the molecule is COc1ccc(-c2cc(=O)c3c(OC)c(C)c(OC)c(C)c3o2)cc1OC. The smallest absolute Gasteiger partial charge is 0.197 e. The van der Waals surface area contributed by atoms with Gasteiger partial charge in [0, 0.05) is 22.8 Å². The highest BCUT2D eigenvalue weighted by Gasteiger charge is 2.21. The fourth-order valence-corrected chi connectivity index (χ4v) is 3.34. The van der Waals surface area contributed by atoms with Crippen LogP contribution >= 0.6 is 0 Å². The molecule has 3 rings (SSSR count). The van der Waals surface area contributed by atoms with Gasteiger partial charge in [0.1, 0.15) is 28.2 Å². The molecule has 0 aliphatic rings. The summed E-state index contributed by atoms with van der Waals surface area (Å²) >= 11 is 0. The van der Waals surface area contributed by atoms with Gasteiger partial charge < -0.3 is 23.4 Å². The molecule has 0 saturated heterocycles. The monoisotopic (exact) mass is 370 g/mol. The molecule has 0 aliphatic carbocycles. The minimum absolute atomic E-state index is 0.188. The lowest BCUT2D eigenvalue weighted by Gasteiger charge is -2.16. The molecular formula is C21H22O6. The predicted molar refractivity (Wildman–Crippen MR) is 104 cm³/mol. The Hall–Kier alpha value is -3.15. The van der Waals surface area contributed by atoms with Crippen LogP contribution in [0.25, 0.3) is 22.3 Å². The minimum atomic E-state index is -0.188. The van der Waals surface area contributed by atoms with E-state index in [1.807, 2.05) is 19.9 Å². The van der Waals surface area contributed by atoms with Crippen molar-refractivity contribution in [3.63, 3.8) is 0 Å². The van der Waals surface area contributed by atoms with Crippen molar-refractivity contribution in [2.75, 3.05) is 28.4 Å². The largest absolute Gasteiger partial charge is 0.496 e. The van der Waals surface area contributed by atoms with Crippen molar-refractivity contribution in [2.24, 2.45) is 0 Å². The summed E-state index contributed by atoms with van der Waals surface area (Å²) in [5, 5.41) is 0.400. The molecule has 0 unspecified atom stereocenters. The predicted octanol–water partition coefficient (Wildman–Crippen LogP) is 4.11. The Bertz CT molecular complexity index is 1060. The van der Waals surface area contributed by atoms with Gasteiger partial charge in [0.25, 0.3) is 0 Å². The highest BCUT2D eigenvalue weighted by atomic mass is 16.5. The Morgan fingerprint density at radius 1 is 0.778 bits per heavy atom. The van der Waals surface area contributed by atoms with Crippen molar-refractivity contribution in [2.45, 2.75) is 13.8 Å². The number of rotatable bonds is 5. The summed E-state index contributed by atoms with van der Waals surface area (Å²) in [6.07, 6.45) is 0.